The van der Waals surface area contributed by atoms with Crippen molar-refractivity contribution in [3.05, 3.63) is 11.7 Å². The summed E-state index contributed by atoms with van der Waals surface area (Å²) in [6.07, 6.45) is 2.06. The van der Waals surface area contributed by atoms with Gasteiger partial charge in [0.15, 0.2) is 5.82 Å². The molecule has 2 aliphatic heterocycles. The second kappa shape index (κ2) is 7.66. The van der Waals surface area contributed by atoms with Crippen molar-refractivity contribution >= 4 is 17.7 Å². The molecule has 1 atom stereocenters. The van der Waals surface area contributed by atoms with Crippen LogP contribution in [0, 0.1) is 5.92 Å². The summed E-state index contributed by atoms with van der Waals surface area (Å²) < 4.78 is 5.34. The Hall–Kier alpha value is -1.08. The zero-order valence-electron chi connectivity index (χ0n) is 14.0. The van der Waals surface area contributed by atoms with Crippen LogP contribution in [0.3, 0.4) is 0 Å². The van der Waals surface area contributed by atoms with Crippen LogP contribution in [-0.4, -0.2) is 63.5 Å². The number of amides is 1. The monoisotopic (exact) mass is 338 g/mol. The van der Waals surface area contributed by atoms with Gasteiger partial charge in [0, 0.05) is 37.1 Å². The molecular weight excluding hydrogens is 312 g/mol. The molecule has 128 valence electrons. The van der Waals surface area contributed by atoms with Gasteiger partial charge in [0.2, 0.25) is 11.8 Å². The molecule has 3 heterocycles. The highest BCUT2D eigenvalue weighted by Crippen LogP contribution is 2.22. The van der Waals surface area contributed by atoms with Crippen molar-refractivity contribution in [1.29, 1.82) is 0 Å². The predicted molar refractivity (Wildman–Crippen MR) is 90.3 cm³/mol. The molecule has 7 heteroatoms. The van der Waals surface area contributed by atoms with Gasteiger partial charge in [-0.05, 0) is 19.4 Å². The van der Waals surface area contributed by atoms with E-state index >= 15 is 0 Å². The van der Waals surface area contributed by atoms with E-state index in [2.05, 4.69) is 28.9 Å². The molecule has 0 radical (unpaired) electrons. The summed E-state index contributed by atoms with van der Waals surface area (Å²) >= 11 is 1.94. The normalized spacial score (nSPS) is 23.4. The first-order chi connectivity index (χ1) is 11.1. The van der Waals surface area contributed by atoms with Crippen molar-refractivity contribution in [1.82, 2.24) is 19.9 Å². The van der Waals surface area contributed by atoms with Crippen LogP contribution in [0.5, 0.6) is 0 Å². The number of carbonyl (C=O) groups is 1. The fourth-order valence-corrected chi connectivity index (χ4v) is 4.10. The lowest BCUT2D eigenvalue weighted by molar-refractivity contribution is -0.137. The van der Waals surface area contributed by atoms with Gasteiger partial charge in [-0.2, -0.15) is 16.7 Å². The number of rotatable bonds is 4. The van der Waals surface area contributed by atoms with Crippen molar-refractivity contribution in [2.75, 3.05) is 37.7 Å². The van der Waals surface area contributed by atoms with E-state index in [4.69, 9.17) is 4.52 Å². The number of aromatic nitrogens is 2. The Balaban J connectivity index is 1.55. The molecule has 0 aliphatic carbocycles. The Morgan fingerprint density at radius 1 is 1.35 bits per heavy atom. The number of likely N-dealkylation sites (tertiary alicyclic amines) is 1. The average molecular weight is 338 g/mol. The van der Waals surface area contributed by atoms with Gasteiger partial charge in [-0.1, -0.05) is 19.0 Å². The summed E-state index contributed by atoms with van der Waals surface area (Å²) in [5.74, 6) is 4.30. The van der Waals surface area contributed by atoms with E-state index in [1.54, 1.807) is 0 Å². The molecule has 2 aliphatic rings. The summed E-state index contributed by atoms with van der Waals surface area (Å²) in [4.78, 5) is 21.5. The van der Waals surface area contributed by atoms with Gasteiger partial charge in [0.25, 0.3) is 0 Å². The van der Waals surface area contributed by atoms with Crippen LogP contribution in [0.2, 0.25) is 0 Å². The second-order valence-corrected chi connectivity index (χ2v) is 7.94. The van der Waals surface area contributed by atoms with Gasteiger partial charge in [-0.3, -0.25) is 9.69 Å². The van der Waals surface area contributed by atoms with E-state index in [1.165, 1.54) is 0 Å². The fraction of sp³-hybridized carbons (Fsp3) is 0.812. The fourth-order valence-electron chi connectivity index (χ4n) is 3.20. The lowest BCUT2D eigenvalue weighted by Crippen LogP contribution is -2.47. The predicted octanol–water partition coefficient (Wildman–Crippen LogP) is 1.98. The SMILES string of the molecule is CC(C)c1noc(CN2CCCC(C(=O)N3CCSCC3)C2)n1. The lowest BCUT2D eigenvalue weighted by atomic mass is 9.96. The molecule has 1 aromatic rings. The van der Waals surface area contributed by atoms with Gasteiger partial charge in [-0.25, -0.2) is 0 Å². The highest BCUT2D eigenvalue weighted by atomic mass is 32.2. The van der Waals surface area contributed by atoms with Gasteiger partial charge < -0.3 is 9.42 Å². The molecule has 0 bridgehead atoms. The molecule has 0 N–H and O–H groups in total. The average Bonchev–Trinajstić information content (AvgIpc) is 3.04. The topological polar surface area (TPSA) is 62.5 Å². The third kappa shape index (κ3) is 4.26. The zero-order chi connectivity index (χ0) is 16.2. The van der Waals surface area contributed by atoms with Crippen molar-refractivity contribution in [2.24, 2.45) is 5.92 Å². The summed E-state index contributed by atoms with van der Waals surface area (Å²) in [7, 11) is 0. The summed E-state index contributed by atoms with van der Waals surface area (Å²) in [5, 5.41) is 4.02. The maximum atomic E-state index is 12.7. The highest BCUT2D eigenvalue weighted by molar-refractivity contribution is 7.99. The number of carbonyl (C=O) groups excluding carboxylic acids is 1. The lowest BCUT2D eigenvalue weighted by Gasteiger charge is -2.35. The number of hydrogen-bond donors (Lipinski definition) is 0. The van der Waals surface area contributed by atoms with Gasteiger partial charge in [-0.15, -0.1) is 0 Å². The smallest absolute Gasteiger partial charge is 0.240 e. The van der Waals surface area contributed by atoms with E-state index in [1.807, 2.05) is 16.7 Å². The van der Waals surface area contributed by atoms with Crippen LogP contribution >= 0.6 is 11.8 Å². The minimum Gasteiger partial charge on any atom is -0.341 e. The molecule has 2 saturated heterocycles. The van der Waals surface area contributed by atoms with Crippen LogP contribution in [0.4, 0.5) is 0 Å². The molecule has 6 nitrogen and oxygen atoms in total. The van der Waals surface area contributed by atoms with Crippen LogP contribution < -0.4 is 0 Å². The number of hydrogen-bond acceptors (Lipinski definition) is 6. The Kier molecular flexibility index (Phi) is 5.58. The molecule has 0 saturated carbocycles. The molecule has 2 fully saturated rings. The molecule has 1 unspecified atom stereocenters. The first kappa shape index (κ1) is 16.8. The van der Waals surface area contributed by atoms with Crippen LogP contribution in [-0.2, 0) is 11.3 Å². The standard InChI is InChI=1S/C16H26N4O2S/c1-12(2)15-17-14(22-18-15)11-19-5-3-4-13(10-19)16(21)20-6-8-23-9-7-20/h12-13H,3-11H2,1-2H3. The third-order valence-electron chi connectivity index (χ3n) is 4.54. The maximum absolute atomic E-state index is 12.7. The molecule has 0 aromatic carbocycles. The molecule has 3 rings (SSSR count). The van der Waals surface area contributed by atoms with Crippen molar-refractivity contribution in [3.8, 4) is 0 Å². The van der Waals surface area contributed by atoms with E-state index in [0.29, 0.717) is 18.3 Å². The third-order valence-corrected chi connectivity index (χ3v) is 5.48. The van der Waals surface area contributed by atoms with Crippen LogP contribution in [0.15, 0.2) is 4.52 Å². The highest BCUT2D eigenvalue weighted by Gasteiger charge is 2.30. The number of thioether (sulfide) groups is 1. The minimum atomic E-state index is 0.124. The zero-order valence-corrected chi connectivity index (χ0v) is 14.8. The van der Waals surface area contributed by atoms with Crippen LogP contribution in [0.25, 0.3) is 0 Å². The van der Waals surface area contributed by atoms with E-state index in [0.717, 1.165) is 56.4 Å². The van der Waals surface area contributed by atoms with Crippen molar-refractivity contribution in [3.63, 3.8) is 0 Å². The Bertz CT molecular complexity index is 528. The first-order valence-corrected chi connectivity index (χ1v) is 9.70. The minimum absolute atomic E-state index is 0.124. The van der Waals surface area contributed by atoms with Crippen LogP contribution in [0.1, 0.15) is 44.3 Å². The molecule has 0 spiro atoms. The van der Waals surface area contributed by atoms with E-state index in [-0.39, 0.29) is 11.8 Å². The quantitative estimate of drug-likeness (QED) is 0.836. The Morgan fingerprint density at radius 3 is 2.83 bits per heavy atom. The number of piperidine rings is 1. The largest absolute Gasteiger partial charge is 0.341 e. The van der Waals surface area contributed by atoms with E-state index < -0.39 is 0 Å². The maximum Gasteiger partial charge on any atom is 0.240 e. The first-order valence-electron chi connectivity index (χ1n) is 8.55. The number of nitrogens with zero attached hydrogens (tertiary/aromatic N) is 4. The Morgan fingerprint density at radius 2 is 2.13 bits per heavy atom. The van der Waals surface area contributed by atoms with Gasteiger partial charge >= 0.3 is 0 Å². The summed E-state index contributed by atoms with van der Waals surface area (Å²) in [5.41, 5.74) is 0. The molecular formula is C16H26N4O2S. The molecule has 1 aromatic heterocycles. The second-order valence-electron chi connectivity index (χ2n) is 6.71. The van der Waals surface area contributed by atoms with Crippen molar-refractivity contribution in [2.45, 2.75) is 39.2 Å². The van der Waals surface area contributed by atoms with Crippen molar-refractivity contribution < 1.29 is 9.32 Å². The Labute approximate surface area is 142 Å². The molecule has 23 heavy (non-hydrogen) atoms. The van der Waals surface area contributed by atoms with E-state index in [9.17, 15) is 4.79 Å². The summed E-state index contributed by atoms with van der Waals surface area (Å²) in [6, 6.07) is 0. The summed E-state index contributed by atoms with van der Waals surface area (Å²) in [6.45, 7) is 8.38. The molecule has 1 amide bonds. The van der Waals surface area contributed by atoms with Gasteiger partial charge in [0.1, 0.15) is 0 Å². The van der Waals surface area contributed by atoms with Gasteiger partial charge in [0.05, 0.1) is 12.5 Å².